The third-order valence-corrected chi connectivity index (χ3v) is 4.36. The van der Waals surface area contributed by atoms with Crippen LogP contribution in [0.2, 0.25) is 0 Å². The van der Waals surface area contributed by atoms with Gasteiger partial charge in [0.05, 0.1) is 5.01 Å². The van der Waals surface area contributed by atoms with E-state index in [0.29, 0.717) is 6.04 Å². The van der Waals surface area contributed by atoms with E-state index in [4.69, 9.17) is 0 Å². The number of aryl methyl sites for hydroxylation is 1. The predicted octanol–water partition coefficient (Wildman–Crippen LogP) is 3.18. The molecule has 3 nitrogen and oxygen atoms in total. The van der Waals surface area contributed by atoms with Gasteiger partial charge in [0.25, 0.3) is 0 Å². The monoisotopic (exact) mass is 259 g/mol. The third kappa shape index (κ3) is 2.44. The predicted molar refractivity (Wildman–Crippen MR) is 73.5 cm³/mol. The Bertz CT molecular complexity index is 509. The molecule has 0 saturated carbocycles. The third-order valence-electron chi connectivity index (χ3n) is 3.46. The van der Waals surface area contributed by atoms with Crippen molar-refractivity contribution in [1.82, 2.24) is 14.9 Å². The zero-order chi connectivity index (χ0) is 12.4. The fourth-order valence-corrected chi connectivity index (χ4v) is 3.47. The van der Waals surface area contributed by atoms with Crippen LogP contribution in [0.15, 0.2) is 30.7 Å². The maximum Gasteiger partial charge on any atom is 0.0897 e. The van der Waals surface area contributed by atoms with E-state index in [-0.39, 0.29) is 0 Å². The second-order valence-corrected chi connectivity index (χ2v) is 6.08. The second kappa shape index (κ2) is 5.16. The van der Waals surface area contributed by atoms with Gasteiger partial charge in [-0.25, -0.2) is 4.98 Å². The molecule has 0 bridgehead atoms. The molecule has 94 valence electrons. The molecule has 2 aromatic heterocycles. The molecule has 3 heterocycles. The van der Waals surface area contributed by atoms with Crippen molar-refractivity contribution in [3.63, 3.8) is 0 Å². The summed E-state index contributed by atoms with van der Waals surface area (Å²) in [5.74, 6) is 0. The van der Waals surface area contributed by atoms with Crippen molar-refractivity contribution in [2.24, 2.45) is 0 Å². The Morgan fingerprint density at radius 2 is 2.39 bits per heavy atom. The van der Waals surface area contributed by atoms with E-state index in [1.54, 1.807) is 11.3 Å². The summed E-state index contributed by atoms with van der Waals surface area (Å²) < 4.78 is 0. The molecule has 0 spiro atoms. The van der Waals surface area contributed by atoms with Gasteiger partial charge < -0.3 is 0 Å². The highest BCUT2D eigenvalue weighted by Gasteiger charge is 2.26. The molecular weight excluding hydrogens is 242 g/mol. The van der Waals surface area contributed by atoms with Crippen molar-refractivity contribution in [3.05, 3.63) is 46.2 Å². The summed E-state index contributed by atoms with van der Waals surface area (Å²) in [6.07, 6.45) is 8.37. The Morgan fingerprint density at radius 1 is 1.44 bits per heavy atom. The van der Waals surface area contributed by atoms with Crippen LogP contribution in [-0.4, -0.2) is 21.4 Å². The number of aromatic nitrogens is 2. The van der Waals surface area contributed by atoms with E-state index >= 15 is 0 Å². The smallest absolute Gasteiger partial charge is 0.0897 e. The van der Waals surface area contributed by atoms with Crippen molar-refractivity contribution in [2.45, 2.75) is 32.4 Å². The summed E-state index contributed by atoms with van der Waals surface area (Å²) in [7, 11) is 0. The quantitative estimate of drug-likeness (QED) is 0.847. The Labute approximate surface area is 112 Å². The summed E-state index contributed by atoms with van der Waals surface area (Å²) in [4.78, 5) is 12.5. The summed E-state index contributed by atoms with van der Waals surface area (Å²) in [6.45, 7) is 4.26. The molecule has 18 heavy (non-hydrogen) atoms. The van der Waals surface area contributed by atoms with E-state index < -0.39 is 0 Å². The minimum atomic E-state index is 0.529. The molecule has 0 N–H and O–H groups in total. The van der Waals surface area contributed by atoms with Crippen LogP contribution >= 0.6 is 11.3 Å². The molecule has 1 aliphatic rings. The lowest BCUT2D eigenvalue weighted by atomic mass is 10.1. The maximum atomic E-state index is 4.34. The molecule has 0 radical (unpaired) electrons. The molecule has 3 rings (SSSR count). The lowest BCUT2D eigenvalue weighted by Crippen LogP contribution is -2.22. The number of rotatable bonds is 3. The zero-order valence-corrected chi connectivity index (χ0v) is 11.4. The molecule has 0 aromatic carbocycles. The maximum absolute atomic E-state index is 4.34. The van der Waals surface area contributed by atoms with Gasteiger partial charge in [0.15, 0.2) is 0 Å². The standard InChI is InChI=1S/C14H17N3S/c1-11-16-9-13(18-11)10-17-7-3-5-14(17)12-4-2-6-15-8-12/h2,4,6,8-9,14H,3,5,7,10H2,1H3. The first-order valence-electron chi connectivity index (χ1n) is 6.38. The molecule has 2 aromatic rings. The van der Waals surface area contributed by atoms with Crippen molar-refractivity contribution < 1.29 is 0 Å². The fraction of sp³-hybridized carbons (Fsp3) is 0.429. The van der Waals surface area contributed by atoms with Gasteiger partial charge in [-0.15, -0.1) is 11.3 Å². The largest absolute Gasteiger partial charge is 0.291 e. The average Bonchev–Trinajstić information content (AvgIpc) is 3.00. The van der Waals surface area contributed by atoms with Crippen LogP contribution in [0.5, 0.6) is 0 Å². The summed E-state index contributed by atoms with van der Waals surface area (Å²) in [5.41, 5.74) is 1.34. The number of likely N-dealkylation sites (tertiary alicyclic amines) is 1. The van der Waals surface area contributed by atoms with Crippen LogP contribution in [0.25, 0.3) is 0 Å². The van der Waals surface area contributed by atoms with Gasteiger partial charge in [-0.1, -0.05) is 6.07 Å². The van der Waals surface area contributed by atoms with Gasteiger partial charge >= 0.3 is 0 Å². The Balaban J connectivity index is 1.75. The molecule has 1 saturated heterocycles. The number of hydrogen-bond donors (Lipinski definition) is 0. The summed E-state index contributed by atoms with van der Waals surface area (Å²) in [5, 5.41) is 1.15. The Morgan fingerprint density at radius 3 is 3.11 bits per heavy atom. The zero-order valence-electron chi connectivity index (χ0n) is 10.5. The first-order valence-corrected chi connectivity index (χ1v) is 7.20. The number of pyridine rings is 1. The lowest BCUT2D eigenvalue weighted by Gasteiger charge is -2.23. The molecule has 0 aliphatic carbocycles. The van der Waals surface area contributed by atoms with E-state index in [1.807, 2.05) is 24.7 Å². The lowest BCUT2D eigenvalue weighted by molar-refractivity contribution is 0.250. The highest BCUT2D eigenvalue weighted by molar-refractivity contribution is 7.11. The molecular formula is C14H17N3S. The number of hydrogen-bond acceptors (Lipinski definition) is 4. The van der Waals surface area contributed by atoms with Gasteiger partial charge in [0, 0.05) is 36.1 Å². The van der Waals surface area contributed by atoms with Gasteiger partial charge in [0.2, 0.25) is 0 Å². The molecule has 1 atom stereocenters. The minimum Gasteiger partial charge on any atom is -0.291 e. The summed E-state index contributed by atoms with van der Waals surface area (Å²) >= 11 is 1.80. The van der Waals surface area contributed by atoms with Crippen LogP contribution in [0.3, 0.4) is 0 Å². The van der Waals surface area contributed by atoms with Crippen molar-refractivity contribution in [3.8, 4) is 0 Å². The summed E-state index contributed by atoms with van der Waals surface area (Å²) in [6, 6.07) is 4.75. The SMILES string of the molecule is Cc1ncc(CN2CCCC2c2cccnc2)s1. The van der Waals surface area contributed by atoms with Crippen LogP contribution in [0.4, 0.5) is 0 Å². The van der Waals surface area contributed by atoms with Crippen molar-refractivity contribution >= 4 is 11.3 Å². The van der Waals surface area contributed by atoms with Crippen LogP contribution in [0.1, 0.15) is 34.3 Å². The normalized spacial score (nSPS) is 20.4. The average molecular weight is 259 g/mol. The van der Waals surface area contributed by atoms with Gasteiger partial charge in [-0.2, -0.15) is 0 Å². The topological polar surface area (TPSA) is 29.0 Å². The van der Waals surface area contributed by atoms with Crippen LogP contribution in [-0.2, 0) is 6.54 Å². The number of nitrogens with zero attached hydrogens (tertiary/aromatic N) is 3. The molecule has 1 aliphatic heterocycles. The first kappa shape index (κ1) is 11.8. The van der Waals surface area contributed by atoms with E-state index in [1.165, 1.54) is 29.8 Å². The van der Waals surface area contributed by atoms with Crippen molar-refractivity contribution in [2.75, 3.05) is 6.54 Å². The molecule has 1 unspecified atom stereocenters. The molecule has 1 fully saturated rings. The highest BCUT2D eigenvalue weighted by Crippen LogP contribution is 2.33. The van der Waals surface area contributed by atoms with Crippen LogP contribution in [0, 0.1) is 6.92 Å². The van der Waals surface area contributed by atoms with Crippen LogP contribution < -0.4 is 0 Å². The Hall–Kier alpha value is -1.26. The highest BCUT2D eigenvalue weighted by atomic mass is 32.1. The first-order chi connectivity index (χ1) is 8.83. The number of thiazole rings is 1. The van der Waals surface area contributed by atoms with E-state index in [0.717, 1.165) is 11.6 Å². The van der Waals surface area contributed by atoms with Crippen molar-refractivity contribution in [1.29, 1.82) is 0 Å². The molecule has 4 heteroatoms. The van der Waals surface area contributed by atoms with Gasteiger partial charge in [0.1, 0.15) is 0 Å². The van der Waals surface area contributed by atoms with E-state index in [9.17, 15) is 0 Å². The molecule has 0 amide bonds. The van der Waals surface area contributed by atoms with Gasteiger partial charge in [-0.05, 0) is 37.9 Å². The van der Waals surface area contributed by atoms with Gasteiger partial charge in [-0.3, -0.25) is 9.88 Å². The second-order valence-electron chi connectivity index (χ2n) is 4.76. The minimum absolute atomic E-state index is 0.529. The fourth-order valence-electron chi connectivity index (χ4n) is 2.64. The Kier molecular flexibility index (Phi) is 3.39. The van der Waals surface area contributed by atoms with E-state index in [2.05, 4.69) is 27.9 Å².